The van der Waals surface area contributed by atoms with Gasteiger partial charge in [0.05, 0.1) is 6.10 Å². The van der Waals surface area contributed by atoms with E-state index in [0.717, 1.165) is 37.8 Å². The fourth-order valence-electron chi connectivity index (χ4n) is 2.25. The molecule has 0 aromatic rings. The van der Waals surface area contributed by atoms with Crippen molar-refractivity contribution in [2.45, 2.75) is 53.1 Å². The van der Waals surface area contributed by atoms with Gasteiger partial charge in [-0.3, -0.25) is 0 Å². The van der Waals surface area contributed by atoms with Gasteiger partial charge >= 0.3 is 6.09 Å². The Morgan fingerprint density at radius 2 is 1.88 bits per heavy atom. The van der Waals surface area contributed by atoms with Gasteiger partial charge in [0.15, 0.2) is 0 Å². The predicted molar refractivity (Wildman–Crippen MR) is 65.4 cm³/mol. The molecule has 1 heterocycles. The first kappa shape index (κ1) is 13.3. The Morgan fingerprint density at radius 1 is 1.19 bits per heavy atom. The summed E-state index contributed by atoms with van der Waals surface area (Å²) in [5.74, 6) is 1.48. The van der Waals surface area contributed by atoms with Crippen molar-refractivity contribution in [2.75, 3.05) is 13.1 Å². The summed E-state index contributed by atoms with van der Waals surface area (Å²) >= 11 is 0. The molecule has 94 valence electrons. The number of rotatable bonds is 2. The van der Waals surface area contributed by atoms with Crippen LogP contribution in [0.3, 0.4) is 0 Å². The number of hydrogen-bond donors (Lipinski definition) is 0. The number of amides is 1. The van der Waals surface area contributed by atoms with Gasteiger partial charge in [-0.1, -0.05) is 13.8 Å². The lowest BCUT2D eigenvalue weighted by atomic mass is 9.89. The van der Waals surface area contributed by atoms with Crippen LogP contribution in [0.4, 0.5) is 4.79 Å². The Bertz CT molecular complexity index is 226. The van der Waals surface area contributed by atoms with Gasteiger partial charge in [0.2, 0.25) is 0 Å². The van der Waals surface area contributed by atoms with Crippen molar-refractivity contribution in [1.82, 2.24) is 4.90 Å². The highest BCUT2D eigenvalue weighted by molar-refractivity contribution is 5.67. The molecule has 1 aliphatic heterocycles. The van der Waals surface area contributed by atoms with E-state index >= 15 is 0 Å². The van der Waals surface area contributed by atoms with Crippen molar-refractivity contribution in [3.63, 3.8) is 0 Å². The van der Waals surface area contributed by atoms with Gasteiger partial charge in [-0.2, -0.15) is 0 Å². The zero-order valence-corrected chi connectivity index (χ0v) is 11.0. The lowest BCUT2D eigenvalue weighted by Gasteiger charge is -2.22. The topological polar surface area (TPSA) is 29.5 Å². The summed E-state index contributed by atoms with van der Waals surface area (Å²) in [6.45, 7) is 10.0. The van der Waals surface area contributed by atoms with Gasteiger partial charge < -0.3 is 9.64 Å². The number of hydrogen-bond acceptors (Lipinski definition) is 2. The average Bonchev–Trinajstić information content (AvgIpc) is 2.41. The van der Waals surface area contributed by atoms with E-state index in [2.05, 4.69) is 13.8 Å². The Hall–Kier alpha value is -0.730. The van der Waals surface area contributed by atoms with Gasteiger partial charge in [0.25, 0.3) is 0 Å². The third kappa shape index (κ3) is 4.03. The van der Waals surface area contributed by atoms with E-state index in [1.165, 1.54) is 6.42 Å². The first-order valence-corrected chi connectivity index (χ1v) is 6.46. The van der Waals surface area contributed by atoms with E-state index in [-0.39, 0.29) is 12.2 Å². The SMILES string of the molecule is CC(C)OC(=O)N1CCCC(C(C)C)CC1. The minimum Gasteiger partial charge on any atom is -0.447 e. The summed E-state index contributed by atoms with van der Waals surface area (Å²) in [6, 6.07) is 0. The minimum absolute atomic E-state index is 0.0170. The minimum atomic E-state index is -0.139. The normalized spacial score (nSPS) is 22.4. The van der Waals surface area contributed by atoms with Crippen LogP contribution in [0, 0.1) is 11.8 Å². The van der Waals surface area contributed by atoms with E-state index in [1.807, 2.05) is 18.7 Å². The van der Waals surface area contributed by atoms with Crippen molar-refractivity contribution in [3.05, 3.63) is 0 Å². The number of carbonyl (C=O) groups is 1. The van der Waals surface area contributed by atoms with Crippen molar-refractivity contribution in [1.29, 1.82) is 0 Å². The Morgan fingerprint density at radius 3 is 2.44 bits per heavy atom. The largest absolute Gasteiger partial charge is 0.447 e. The third-order valence-electron chi connectivity index (χ3n) is 3.31. The van der Waals surface area contributed by atoms with Gasteiger partial charge in [-0.05, 0) is 44.9 Å². The molecule has 0 N–H and O–H groups in total. The second-order valence-corrected chi connectivity index (χ2v) is 5.35. The van der Waals surface area contributed by atoms with Crippen molar-refractivity contribution in [2.24, 2.45) is 11.8 Å². The summed E-state index contributed by atoms with van der Waals surface area (Å²) in [5.41, 5.74) is 0. The molecule has 0 saturated carbocycles. The summed E-state index contributed by atoms with van der Waals surface area (Å²) in [7, 11) is 0. The standard InChI is InChI=1S/C13H25NO2/c1-10(2)12-6-5-8-14(9-7-12)13(15)16-11(3)4/h10-12H,5-9H2,1-4H3. The van der Waals surface area contributed by atoms with Gasteiger partial charge in [0, 0.05) is 13.1 Å². The molecule has 3 heteroatoms. The lowest BCUT2D eigenvalue weighted by molar-refractivity contribution is 0.0773. The lowest BCUT2D eigenvalue weighted by Crippen LogP contribution is -2.34. The first-order valence-electron chi connectivity index (χ1n) is 6.46. The van der Waals surface area contributed by atoms with Crippen LogP contribution in [-0.4, -0.2) is 30.2 Å². The molecule has 1 aliphatic rings. The highest BCUT2D eigenvalue weighted by Crippen LogP contribution is 2.24. The third-order valence-corrected chi connectivity index (χ3v) is 3.31. The summed E-state index contributed by atoms with van der Waals surface area (Å²) in [5, 5.41) is 0. The Balaban J connectivity index is 2.43. The van der Waals surface area contributed by atoms with Crippen LogP contribution in [-0.2, 0) is 4.74 Å². The van der Waals surface area contributed by atoms with Crippen LogP contribution in [0.2, 0.25) is 0 Å². The highest BCUT2D eigenvalue weighted by Gasteiger charge is 2.23. The molecule has 1 unspecified atom stereocenters. The first-order chi connectivity index (χ1) is 7.50. The van der Waals surface area contributed by atoms with Gasteiger partial charge in [-0.15, -0.1) is 0 Å². The van der Waals surface area contributed by atoms with Crippen LogP contribution in [0.1, 0.15) is 47.0 Å². The number of likely N-dealkylation sites (tertiary alicyclic amines) is 1. The molecular weight excluding hydrogens is 202 g/mol. The molecule has 0 aromatic carbocycles. The zero-order valence-electron chi connectivity index (χ0n) is 11.0. The van der Waals surface area contributed by atoms with Crippen LogP contribution in [0.5, 0.6) is 0 Å². The smallest absolute Gasteiger partial charge is 0.410 e. The average molecular weight is 227 g/mol. The van der Waals surface area contributed by atoms with Crippen molar-refractivity contribution >= 4 is 6.09 Å². The molecule has 16 heavy (non-hydrogen) atoms. The molecule has 1 fully saturated rings. The molecule has 1 amide bonds. The highest BCUT2D eigenvalue weighted by atomic mass is 16.6. The maximum absolute atomic E-state index is 11.7. The van der Waals surface area contributed by atoms with Gasteiger partial charge in [0.1, 0.15) is 0 Å². The van der Waals surface area contributed by atoms with E-state index in [4.69, 9.17) is 4.74 Å². The van der Waals surface area contributed by atoms with Crippen molar-refractivity contribution < 1.29 is 9.53 Å². The monoisotopic (exact) mass is 227 g/mol. The Kier molecular flexibility index (Phi) is 5.10. The van der Waals surface area contributed by atoms with E-state index < -0.39 is 0 Å². The summed E-state index contributed by atoms with van der Waals surface area (Å²) in [4.78, 5) is 13.6. The predicted octanol–water partition coefficient (Wildman–Crippen LogP) is 3.29. The van der Waals surface area contributed by atoms with E-state index in [0.29, 0.717) is 0 Å². The molecule has 0 spiro atoms. The Labute approximate surface area is 99.1 Å². The van der Waals surface area contributed by atoms with Crippen LogP contribution >= 0.6 is 0 Å². The molecular formula is C13H25NO2. The zero-order chi connectivity index (χ0) is 12.1. The van der Waals surface area contributed by atoms with E-state index in [9.17, 15) is 4.79 Å². The molecule has 1 rings (SSSR count). The number of nitrogens with zero attached hydrogens (tertiary/aromatic N) is 1. The molecule has 0 aliphatic carbocycles. The van der Waals surface area contributed by atoms with Gasteiger partial charge in [-0.25, -0.2) is 4.79 Å². The second kappa shape index (κ2) is 6.12. The quantitative estimate of drug-likeness (QED) is 0.724. The van der Waals surface area contributed by atoms with Crippen LogP contribution in [0.25, 0.3) is 0 Å². The van der Waals surface area contributed by atoms with Crippen molar-refractivity contribution in [3.8, 4) is 0 Å². The summed E-state index contributed by atoms with van der Waals surface area (Å²) in [6.07, 6.45) is 3.31. The molecule has 1 atom stereocenters. The van der Waals surface area contributed by atoms with E-state index in [1.54, 1.807) is 0 Å². The second-order valence-electron chi connectivity index (χ2n) is 5.35. The molecule has 1 saturated heterocycles. The van der Waals surface area contributed by atoms with Crippen LogP contribution < -0.4 is 0 Å². The number of carbonyl (C=O) groups excluding carboxylic acids is 1. The molecule has 3 nitrogen and oxygen atoms in total. The maximum atomic E-state index is 11.7. The fraction of sp³-hybridized carbons (Fsp3) is 0.923. The number of ether oxygens (including phenoxy) is 1. The molecule has 0 radical (unpaired) electrons. The molecule has 0 bridgehead atoms. The summed E-state index contributed by atoms with van der Waals surface area (Å²) < 4.78 is 5.23. The maximum Gasteiger partial charge on any atom is 0.410 e. The molecule has 0 aromatic heterocycles. The van der Waals surface area contributed by atoms with Crippen LogP contribution in [0.15, 0.2) is 0 Å². The fourth-order valence-corrected chi connectivity index (χ4v) is 2.25.